The summed E-state index contributed by atoms with van der Waals surface area (Å²) in [6.45, 7) is 3.29. The maximum absolute atomic E-state index is 8.86. The second kappa shape index (κ2) is 14.0. The van der Waals surface area contributed by atoms with Crippen molar-refractivity contribution < 1.29 is 5.11 Å². The number of rotatable bonds is 13. The van der Waals surface area contributed by atoms with Gasteiger partial charge in [-0.05, 0) is 25.3 Å². The first kappa shape index (κ1) is 16.9. The molecule has 0 rings (SSSR count). The molecule has 104 valence electrons. The van der Waals surface area contributed by atoms with Crippen molar-refractivity contribution in [2.45, 2.75) is 77.6 Å². The summed E-state index contributed by atoms with van der Waals surface area (Å²) in [7, 11) is 0. The fraction of sp³-hybridized carbons (Fsp3) is 1.00. The van der Waals surface area contributed by atoms with Crippen LogP contribution < -0.4 is 5.73 Å². The van der Waals surface area contributed by atoms with Crippen molar-refractivity contribution >= 4 is 0 Å². The Morgan fingerprint density at radius 2 is 1.35 bits per heavy atom. The van der Waals surface area contributed by atoms with Gasteiger partial charge in [0.1, 0.15) is 0 Å². The van der Waals surface area contributed by atoms with E-state index in [-0.39, 0.29) is 0 Å². The van der Waals surface area contributed by atoms with Crippen molar-refractivity contribution in [3.05, 3.63) is 0 Å². The van der Waals surface area contributed by atoms with E-state index in [9.17, 15) is 0 Å². The van der Waals surface area contributed by atoms with E-state index in [4.69, 9.17) is 10.8 Å². The Morgan fingerprint density at radius 3 is 1.82 bits per heavy atom. The van der Waals surface area contributed by atoms with E-state index in [0.29, 0.717) is 12.5 Å². The third-order valence-electron chi connectivity index (χ3n) is 3.59. The Kier molecular flexibility index (Phi) is 13.9. The number of aliphatic hydroxyl groups excluding tert-OH is 1. The molecule has 0 saturated carbocycles. The van der Waals surface area contributed by atoms with Gasteiger partial charge in [-0.15, -0.1) is 0 Å². The van der Waals surface area contributed by atoms with Gasteiger partial charge in [0.25, 0.3) is 0 Å². The summed E-state index contributed by atoms with van der Waals surface area (Å²) in [5.41, 5.74) is 5.66. The molecule has 0 aromatic carbocycles. The molecule has 17 heavy (non-hydrogen) atoms. The number of hydrogen-bond donors (Lipinski definition) is 2. The van der Waals surface area contributed by atoms with Gasteiger partial charge in [-0.3, -0.25) is 0 Å². The van der Waals surface area contributed by atoms with Crippen LogP contribution in [0.2, 0.25) is 0 Å². The monoisotopic (exact) mass is 243 g/mol. The largest absolute Gasteiger partial charge is 0.396 e. The van der Waals surface area contributed by atoms with E-state index in [2.05, 4.69) is 6.92 Å². The Bertz CT molecular complexity index is 139. The van der Waals surface area contributed by atoms with Crippen LogP contribution in [0.4, 0.5) is 0 Å². The third-order valence-corrected chi connectivity index (χ3v) is 3.59. The van der Waals surface area contributed by atoms with Gasteiger partial charge in [0.15, 0.2) is 0 Å². The van der Waals surface area contributed by atoms with Gasteiger partial charge >= 0.3 is 0 Å². The molecular formula is C15H33NO. The van der Waals surface area contributed by atoms with E-state index < -0.39 is 0 Å². The summed E-state index contributed by atoms with van der Waals surface area (Å²) in [4.78, 5) is 0. The summed E-state index contributed by atoms with van der Waals surface area (Å²) >= 11 is 0. The van der Waals surface area contributed by atoms with Crippen molar-refractivity contribution in [1.29, 1.82) is 0 Å². The first-order valence-corrected chi connectivity index (χ1v) is 7.66. The quantitative estimate of drug-likeness (QED) is 0.482. The molecule has 1 atom stereocenters. The van der Waals surface area contributed by atoms with Crippen LogP contribution in [0.15, 0.2) is 0 Å². The lowest BCUT2D eigenvalue weighted by molar-refractivity contribution is 0.252. The minimum atomic E-state index is 0.291. The lowest BCUT2D eigenvalue weighted by Crippen LogP contribution is -2.15. The Balaban J connectivity index is 3.11. The molecule has 0 amide bonds. The Morgan fingerprint density at radius 1 is 0.824 bits per heavy atom. The van der Waals surface area contributed by atoms with Crippen LogP contribution in [0.1, 0.15) is 77.6 Å². The van der Waals surface area contributed by atoms with Crippen LogP contribution in [-0.4, -0.2) is 18.3 Å². The number of aliphatic hydroxyl groups is 1. The minimum absolute atomic E-state index is 0.291. The lowest BCUT2D eigenvalue weighted by atomic mass is 9.97. The van der Waals surface area contributed by atoms with Crippen molar-refractivity contribution in [3.63, 3.8) is 0 Å². The van der Waals surface area contributed by atoms with Gasteiger partial charge in [-0.2, -0.15) is 0 Å². The average molecular weight is 243 g/mol. The highest BCUT2D eigenvalue weighted by Gasteiger charge is 2.04. The van der Waals surface area contributed by atoms with E-state index in [1.807, 2.05) is 0 Å². The van der Waals surface area contributed by atoms with E-state index in [1.54, 1.807) is 0 Å². The molecule has 0 aliphatic rings. The molecule has 0 aromatic rings. The Labute approximate surface area is 108 Å². The van der Waals surface area contributed by atoms with Gasteiger partial charge in [-0.25, -0.2) is 0 Å². The molecule has 2 nitrogen and oxygen atoms in total. The van der Waals surface area contributed by atoms with Crippen LogP contribution in [0.5, 0.6) is 0 Å². The summed E-state index contributed by atoms with van der Waals surface area (Å²) in [5.74, 6) is 0.546. The molecule has 2 heteroatoms. The number of nitrogens with two attached hydrogens (primary N) is 1. The number of unbranched alkanes of at least 4 members (excludes halogenated alkanes) is 8. The van der Waals surface area contributed by atoms with Crippen molar-refractivity contribution in [1.82, 2.24) is 0 Å². The normalized spacial score (nSPS) is 12.9. The summed E-state index contributed by atoms with van der Waals surface area (Å²) in [6.07, 6.45) is 14.5. The van der Waals surface area contributed by atoms with Gasteiger partial charge in [0.2, 0.25) is 0 Å². The summed E-state index contributed by atoms with van der Waals surface area (Å²) in [6, 6.07) is 0. The highest BCUT2D eigenvalue weighted by atomic mass is 16.3. The van der Waals surface area contributed by atoms with E-state index >= 15 is 0 Å². The van der Waals surface area contributed by atoms with Crippen molar-refractivity contribution in [3.8, 4) is 0 Å². The second-order valence-electron chi connectivity index (χ2n) is 5.23. The fourth-order valence-corrected chi connectivity index (χ4v) is 2.31. The van der Waals surface area contributed by atoms with Crippen LogP contribution in [0.3, 0.4) is 0 Å². The lowest BCUT2D eigenvalue weighted by Gasteiger charge is -2.12. The summed E-state index contributed by atoms with van der Waals surface area (Å²) < 4.78 is 0. The molecule has 1 unspecified atom stereocenters. The maximum Gasteiger partial charge on any atom is 0.0434 e. The van der Waals surface area contributed by atoms with Crippen LogP contribution in [-0.2, 0) is 0 Å². The van der Waals surface area contributed by atoms with Crippen LogP contribution >= 0.6 is 0 Å². The molecule has 0 saturated heterocycles. The maximum atomic E-state index is 8.86. The molecule has 0 spiro atoms. The second-order valence-corrected chi connectivity index (χ2v) is 5.23. The SMILES string of the molecule is CCCCCCCCCCCC(CN)CCO. The van der Waals surface area contributed by atoms with E-state index in [0.717, 1.165) is 13.0 Å². The first-order chi connectivity index (χ1) is 8.35. The smallest absolute Gasteiger partial charge is 0.0434 e. The molecule has 0 fully saturated rings. The molecule has 3 N–H and O–H groups in total. The predicted molar refractivity (Wildman–Crippen MR) is 76.1 cm³/mol. The molecule has 0 radical (unpaired) electrons. The molecule has 0 aliphatic heterocycles. The molecule has 0 aliphatic carbocycles. The predicted octanol–water partition coefficient (Wildman–Crippen LogP) is 3.86. The highest BCUT2D eigenvalue weighted by Crippen LogP contribution is 2.14. The zero-order chi connectivity index (χ0) is 12.8. The van der Waals surface area contributed by atoms with Gasteiger partial charge in [-0.1, -0.05) is 64.7 Å². The molecule has 0 aromatic heterocycles. The molecular weight excluding hydrogens is 210 g/mol. The first-order valence-electron chi connectivity index (χ1n) is 7.66. The highest BCUT2D eigenvalue weighted by molar-refractivity contribution is 4.59. The average Bonchev–Trinajstić information content (AvgIpc) is 2.35. The standard InChI is InChI=1S/C15H33NO/c1-2-3-4-5-6-7-8-9-10-11-15(14-16)12-13-17/h15,17H,2-14,16H2,1H3. The third kappa shape index (κ3) is 12.2. The fourth-order valence-electron chi connectivity index (χ4n) is 2.31. The van der Waals surface area contributed by atoms with Crippen LogP contribution in [0, 0.1) is 5.92 Å². The zero-order valence-corrected chi connectivity index (χ0v) is 11.8. The minimum Gasteiger partial charge on any atom is -0.396 e. The van der Waals surface area contributed by atoms with Gasteiger partial charge in [0.05, 0.1) is 0 Å². The van der Waals surface area contributed by atoms with Gasteiger partial charge in [0, 0.05) is 6.61 Å². The zero-order valence-electron chi connectivity index (χ0n) is 11.8. The van der Waals surface area contributed by atoms with Crippen molar-refractivity contribution in [2.24, 2.45) is 11.7 Å². The summed E-state index contributed by atoms with van der Waals surface area (Å²) in [5, 5.41) is 8.86. The van der Waals surface area contributed by atoms with Crippen LogP contribution in [0.25, 0.3) is 0 Å². The molecule has 0 bridgehead atoms. The number of hydrogen-bond acceptors (Lipinski definition) is 2. The van der Waals surface area contributed by atoms with Crippen molar-refractivity contribution in [2.75, 3.05) is 13.2 Å². The van der Waals surface area contributed by atoms with Gasteiger partial charge < -0.3 is 10.8 Å². The van der Waals surface area contributed by atoms with E-state index in [1.165, 1.54) is 64.2 Å². The topological polar surface area (TPSA) is 46.2 Å². The molecule has 0 heterocycles. The Hall–Kier alpha value is -0.0800.